The van der Waals surface area contributed by atoms with Gasteiger partial charge in [-0.15, -0.1) is 0 Å². The maximum Gasteiger partial charge on any atom is 0.219 e. The molecule has 1 saturated carbocycles. The Balaban J connectivity index is 1.30. The van der Waals surface area contributed by atoms with Crippen molar-refractivity contribution in [1.29, 1.82) is 0 Å². The van der Waals surface area contributed by atoms with E-state index in [1.54, 1.807) is 19.3 Å². The molecule has 0 aromatic carbocycles. The Morgan fingerprint density at radius 2 is 2.03 bits per heavy atom. The summed E-state index contributed by atoms with van der Waals surface area (Å²) in [7, 11) is 1.91. The molecule has 3 heterocycles. The lowest BCUT2D eigenvalue weighted by atomic mass is 9.86. The van der Waals surface area contributed by atoms with E-state index >= 15 is 0 Å². The van der Waals surface area contributed by atoms with Crippen LogP contribution >= 0.6 is 0 Å². The highest BCUT2D eigenvalue weighted by molar-refractivity contribution is 5.73. The van der Waals surface area contributed by atoms with E-state index in [9.17, 15) is 4.79 Å². The van der Waals surface area contributed by atoms with E-state index in [1.165, 1.54) is 0 Å². The molecule has 1 unspecified atom stereocenters. The van der Waals surface area contributed by atoms with E-state index in [4.69, 9.17) is 9.47 Å². The molecular weight excluding hydrogens is 380 g/mol. The summed E-state index contributed by atoms with van der Waals surface area (Å²) in [5.74, 6) is 1.48. The number of carbonyl (C=O) groups excluding carboxylic acids is 1. The van der Waals surface area contributed by atoms with Crippen molar-refractivity contribution < 1.29 is 14.3 Å². The lowest BCUT2D eigenvalue weighted by molar-refractivity contribution is -0.130. The largest absolute Gasteiger partial charge is 0.492 e. The number of nitrogens with zero attached hydrogens (tertiary/aromatic N) is 4. The number of amides is 1. The highest BCUT2D eigenvalue weighted by Crippen LogP contribution is 2.29. The third-order valence-electron chi connectivity index (χ3n) is 6.44. The second kappa shape index (κ2) is 9.60. The summed E-state index contributed by atoms with van der Waals surface area (Å²) in [5, 5.41) is 4.46. The Hall–Kier alpha value is -2.41. The van der Waals surface area contributed by atoms with Crippen LogP contribution in [0.3, 0.4) is 0 Å². The summed E-state index contributed by atoms with van der Waals surface area (Å²) < 4.78 is 13.8. The fourth-order valence-electron chi connectivity index (χ4n) is 4.45. The Labute approximate surface area is 178 Å². The van der Waals surface area contributed by atoms with Gasteiger partial charge in [-0.05, 0) is 69.1 Å². The molecule has 0 N–H and O–H groups in total. The topological polar surface area (TPSA) is 69.5 Å². The van der Waals surface area contributed by atoms with Crippen LogP contribution in [0.5, 0.6) is 5.75 Å². The van der Waals surface area contributed by atoms with Crippen LogP contribution in [0.1, 0.15) is 58.1 Å². The standard InChI is InChI=1S/C23H32N4O3/c1-17(28)26(2)19-8-6-18(7-9-19)16-30-20-10-11-21(24-15-20)22-12-13-25-27(22)23-5-3-4-14-29-23/h10-13,15,18-19,23H,3-9,14,16H2,1-2H3. The third-order valence-corrected chi connectivity index (χ3v) is 6.44. The molecule has 2 fully saturated rings. The molecule has 4 rings (SSSR count). The molecule has 7 heteroatoms. The van der Waals surface area contributed by atoms with Gasteiger partial charge in [-0.3, -0.25) is 9.78 Å². The first kappa shape index (κ1) is 20.8. The van der Waals surface area contributed by atoms with Crippen molar-refractivity contribution in [3.8, 4) is 17.1 Å². The van der Waals surface area contributed by atoms with Crippen LogP contribution in [-0.4, -0.2) is 51.9 Å². The molecule has 1 atom stereocenters. The zero-order valence-corrected chi connectivity index (χ0v) is 18.0. The van der Waals surface area contributed by atoms with Gasteiger partial charge in [0, 0.05) is 32.8 Å². The molecule has 30 heavy (non-hydrogen) atoms. The van der Waals surface area contributed by atoms with Gasteiger partial charge in [0.15, 0.2) is 6.23 Å². The Morgan fingerprint density at radius 3 is 2.70 bits per heavy atom. The van der Waals surface area contributed by atoms with Crippen molar-refractivity contribution in [2.24, 2.45) is 5.92 Å². The van der Waals surface area contributed by atoms with E-state index in [0.29, 0.717) is 18.6 Å². The van der Waals surface area contributed by atoms with Crippen molar-refractivity contribution in [1.82, 2.24) is 19.7 Å². The summed E-state index contributed by atoms with van der Waals surface area (Å²) in [5.41, 5.74) is 1.85. The maximum atomic E-state index is 11.5. The molecule has 0 bridgehead atoms. The molecule has 1 saturated heterocycles. The van der Waals surface area contributed by atoms with Crippen LogP contribution < -0.4 is 4.74 Å². The first-order valence-electron chi connectivity index (χ1n) is 11.1. The molecule has 1 aliphatic carbocycles. The molecule has 0 spiro atoms. The quantitative estimate of drug-likeness (QED) is 0.716. The number of carbonyl (C=O) groups is 1. The highest BCUT2D eigenvalue weighted by Gasteiger charge is 2.25. The van der Waals surface area contributed by atoms with E-state index in [0.717, 1.165) is 68.7 Å². The second-order valence-corrected chi connectivity index (χ2v) is 8.48. The van der Waals surface area contributed by atoms with Crippen LogP contribution in [0.25, 0.3) is 11.4 Å². The van der Waals surface area contributed by atoms with E-state index < -0.39 is 0 Å². The minimum absolute atomic E-state index is 0.00125. The van der Waals surface area contributed by atoms with Crippen LogP contribution in [0.4, 0.5) is 0 Å². The van der Waals surface area contributed by atoms with E-state index in [2.05, 4.69) is 10.1 Å². The van der Waals surface area contributed by atoms with Gasteiger partial charge in [0.05, 0.1) is 24.2 Å². The summed E-state index contributed by atoms with van der Waals surface area (Å²) >= 11 is 0. The molecule has 7 nitrogen and oxygen atoms in total. The molecule has 2 aliphatic rings. The van der Waals surface area contributed by atoms with Gasteiger partial charge in [-0.1, -0.05) is 0 Å². The Bertz CT molecular complexity index is 821. The van der Waals surface area contributed by atoms with Gasteiger partial charge in [-0.2, -0.15) is 5.10 Å². The van der Waals surface area contributed by atoms with Gasteiger partial charge < -0.3 is 14.4 Å². The van der Waals surface area contributed by atoms with Crippen molar-refractivity contribution in [3.63, 3.8) is 0 Å². The van der Waals surface area contributed by atoms with Crippen molar-refractivity contribution >= 4 is 5.91 Å². The first-order valence-corrected chi connectivity index (χ1v) is 11.1. The van der Waals surface area contributed by atoms with Crippen LogP contribution in [0.15, 0.2) is 30.6 Å². The summed E-state index contributed by atoms with van der Waals surface area (Å²) in [4.78, 5) is 18.0. The average molecular weight is 413 g/mol. The van der Waals surface area contributed by atoms with Gasteiger partial charge in [0.25, 0.3) is 0 Å². The summed E-state index contributed by atoms with van der Waals surface area (Å²) in [6.07, 6.45) is 11.2. The molecule has 1 aliphatic heterocycles. The molecule has 2 aromatic heterocycles. The van der Waals surface area contributed by atoms with Gasteiger partial charge >= 0.3 is 0 Å². The molecule has 2 aromatic rings. The SMILES string of the molecule is CC(=O)N(C)C1CCC(COc2ccc(-c3ccnn3C3CCCCO3)nc2)CC1. The first-order chi connectivity index (χ1) is 14.6. The number of rotatable bonds is 6. The third kappa shape index (κ3) is 4.83. The Morgan fingerprint density at radius 1 is 1.20 bits per heavy atom. The Kier molecular flexibility index (Phi) is 6.67. The minimum Gasteiger partial charge on any atom is -0.492 e. The van der Waals surface area contributed by atoms with Gasteiger partial charge in [-0.25, -0.2) is 4.68 Å². The van der Waals surface area contributed by atoms with Gasteiger partial charge in [0.1, 0.15) is 5.75 Å². The van der Waals surface area contributed by atoms with Crippen LogP contribution in [0, 0.1) is 5.92 Å². The van der Waals surface area contributed by atoms with Gasteiger partial charge in [0.2, 0.25) is 5.91 Å². The number of pyridine rings is 1. The lowest BCUT2D eigenvalue weighted by Gasteiger charge is -2.34. The highest BCUT2D eigenvalue weighted by atomic mass is 16.5. The lowest BCUT2D eigenvalue weighted by Crippen LogP contribution is -2.38. The smallest absolute Gasteiger partial charge is 0.219 e. The van der Waals surface area contributed by atoms with Crippen molar-refractivity contribution in [3.05, 3.63) is 30.6 Å². The zero-order chi connectivity index (χ0) is 20.9. The molecular formula is C23H32N4O3. The number of ether oxygens (including phenoxy) is 2. The normalized spacial score (nSPS) is 24.4. The fraction of sp³-hybridized carbons (Fsp3) is 0.609. The monoisotopic (exact) mass is 412 g/mol. The summed E-state index contributed by atoms with van der Waals surface area (Å²) in [6, 6.07) is 6.33. The van der Waals surface area contributed by atoms with Crippen LogP contribution in [-0.2, 0) is 9.53 Å². The molecule has 162 valence electrons. The molecule has 1 amide bonds. The summed E-state index contributed by atoms with van der Waals surface area (Å²) in [6.45, 7) is 3.13. The average Bonchev–Trinajstić information content (AvgIpc) is 3.28. The number of aromatic nitrogens is 3. The maximum absolute atomic E-state index is 11.5. The van der Waals surface area contributed by atoms with Crippen LogP contribution in [0.2, 0.25) is 0 Å². The molecule has 0 radical (unpaired) electrons. The number of hydrogen-bond acceptors (Lipinski definition) is 5. The van der Waals surface area contributed by atoms with Crippen molar-refractivity contribution in [2.75, 3.05) is 20.3 Å². The predicted octanol–water partition coefficient (Wildman–Crippen LogP) is 4.06. The van der Waals surface area contributed by atoms with E-state index in [-0.39, 0.29) is 12.1 Å². The van der Waals surface area contributed by atoms with E-state index in [1.807, 2.05) is 34.8 Å². The number of hydrogen-bond donors (Lipinski definition) is 0. The predicted molar refractivity (Wildman–Crippen MR) is 114 cm³/mol. The minimum atomic E-state index is -0.00125. The fourth-order valence-corrected chi connectivity index (χ4v) is 4.45. The zero-order valence-electron chi connectivity index (χ0n) is 18.0. The van der Waals surface area contributed by atoms with Crippen molar-refractivity contribution in [2.45, 2.75) is 64.1 Å². The second-order valence-electron chi connectivity index (χ2n) is 8.48.